The van der Waals surface area contributed by atoms with E-state index in [9.17, 15) is 9.59 Å². The van der Waals surface area contributed by atoms with Crippen molar-refractivity contribution in [2.75, 3.05) is 34.5 Å². The van der Waals surface area contributed by atoms with Gasteiger partial charge in [-0.1, -0.05) is 118 Å². The molecule has 1 N–H and O–H groups in total. The molecule has 1 aliphatic rings. The van der Waals surface area contributed by atoms with E-state index < -0.39 is 50.8 Å². The van der Waals surface area contributed by atoms with E-state index in [1.54, 1.807) is 57.7 Å². The van der Waals surface area contributed by atoms with Gasteiger partial charge in [0.05, 0.1) is 24.8 Å². The summed E-state index contributed by atoms with van der Waals surface area (Å²) in [7, 11) is 1.62. The molecular weight excluding hydrogens is 663 g/mol. The van der Waals surface area contributed by atoms with Crippen molar-refractivity contribution >= 4 is 30.6 Å². The van der Waals surface area contributed by atoms with Crippen molar-refractivity contribution in [1.29, 1.82) is 0 Å². The lowest BCUT2D eigenvalue weighted by atomic mass is 9.99. The van der Waals surface area contributed by atoms with Crippen LogP contribution in [0.4, 0.5) is 0 Å². The van der Waals surface area contributed by atoms with Crippen molar-refractivity contribution in [1.82, 2.24) is 5.32 Å². The predicted molar refractivity (Wildman–Crippen MR) is 199 cm³/mol. The molecule has 1 amide bonds. The monoisotopic (exact) mass is 711 g/mol. The molecule has 1 fully saturated rings. The summed E-state index contributed by atoms with van der Waals surface area (Å²) in [6.45, 7) is 6.82. The number of carbonyl (C=O) groups is 2. The number of carbonyl (C=O) groups excluding carboxylic acids is 2. The van der Waals surface area contributed by atoms with Gasteiger partial charge in [-0.3, -0.25) is 4.79 Å². The second-order valence-corrected chi connectivity index (χ2v) is 18.0. The van der Waals surface area contributed by atoms with Crippen LogP contribution < -0.4 is 15.7 Å². The number of methoxy groups -OCH3 is 3. The van der Waals surface area contributed by atoms with Crippen LogP contribution in [0.15, 0.2) is 121 Å². The SMILES string of the molecule is COC[C@H](OC)[C@H]1O[C@H]([C@H](CO[Si](c2ccccc2)(c2ccccc2)C(C)(C)C)NC(=O)c2ccccc2)[C@H](OC(=O)c2ccccc2)[C@H]1OC. The number of hydrogen-bond acceptors (Lipinski definition) is 8. The Balaban J connectivity index is 1.61. The van der Waals surface area contributed by atoms with Crippen LogP contribution in [-0.2, 0) is 28.1 Å². The molecule has 1 aliphatic heterocycles. The van der Waals surface area contributed by atoms with E-state index >= 15 is 0 Å². The van der Waals surface area contributed by atoms with Gasteiger partial charge in [-0.05, 0) is 39.7 Å². The number of esters is 1. The van der Waals surface area contributed by atoms with Gasteiger partial charge in [-0.2, -0.15) is 0 Å². The molecule has 4 aromatic rings. The molecule has 9 nitrogen and oxygen atoms in total. The zero-order valence-electron chi connectivity index (χ0n) is 30.2. The van der Waals surface area contributed by atoms with Crippen LogP contribution >= 0.6 is 0 Å². The highest BCUT2D eigenvalue weighted by Gasteiger charge is 2.55. The average Bonchev–Trinajstić information content (AvgIpc) is 3.51. The lowest BCUT2D eigenvalue weighted by Crippen LogP contribution is -2.68. The number of ether oxygens (including phenoxy) is 5. The topological polar surface area (TPSA) is 102 Å². The zero-order chi connectivity index (χ0) is 36.4. The lowest BCUT2D eigenvalue weighted by Gasteiger charge is -2.44. The summed E-state index contributed by atoms with van der Waals surface area (Å²) in [5.74, 6) is -0.861. The normalized spacial score (nSPS) is 20.4. The van der Waals surface area contributed by atoms with E-state index in [0.29, 0.717) is 11.1 Å². The molecule has 0 bridgehead atoms. The molecule has 1 heterocycles. The third-order valence-corrected chi connectivity index (χ3v) is 14.5. The minimum atomic E-state index is -3.07. The molecule has 0 spiro atoms. The van der Waals surface area contributed by atoms with E-state index in [-0.39, 0.29) is 24.2 Å². The van der Waals surface area contributed by atoms with Gasteiger partial charge in [0.1, 0.15) is 24.4 Å². The van der Waals surface area contributed by atoms with Gasteiger partial charge >= 0.3 is 5.97 Å². The van der Waals surface area contributed by atoms with Crippen LogP contribution in [-0.4, -0.2) is 91.3 Å². The first-order valence-electron chi connectivity index (χ1n) is 17.2. The second kappa shape index (κ2) is 17.4. The van der Waals surface area contributed by atoms with Crippen molar-refractivity contribution < 1.29 is 37.7 Å². The maximum absolute atomic E-state index is 14.0. The number of rotatable bonds is 15. The average molecular weight is 712 g/mol. The Morgan fingerprint density at radius 3 is 1.69 bits per heavy atom. The molecule has 5 rings (SSSR count). The minimum Gasteiger partial charge on any atom is -0.453 e. The van der Waals surface area contributed by atoms with E-state index in [0.717, 1.165) is 10.4 Å². The number of benzene rings is 4. The fourth-order valence-electron chi connectivity index (χ4n) is 7.00. The fraction of sp³-hybridized carbons (Fsp3) is 0.366. The Bertz CT molecular complexity index is 1630. The van der Waals surface area contributed by atoms with E-state index in [1.165, 1.54) is 0 Å². The summed E-state index contributed by atoms with van der Waals surface area (Å²) in [6.07, 6.45) is -3.88. The van der Waals surface area contributed by atoms with Crippen LogP contribution in [0, 0.1) is 0 Å². The summed E-state index contributed by atoms with van der Waals surface area (Å²) in [5, 5.41) is 5.05. The van der Waals surface area contributed by atoms with Crippen LogP contribution in [0.5, 0.6) is 0 Å². The summed E-state index contributed by atoms with van der Waals surface area (Å²) in [4.78, 5) is 27.6. The van der Waals surface area contributed by atoms with Gasteiger partial charge in [-0.15, -0.1) is 0 Å². The minimum absolute atomic E-state index is 0.0426. The molecule has 270 valence electrons. The standard InChI is InChI=1S/C41H49NO8Si/c1-41(2,3)51(31-23-15-9-16-24-31,32-25-17-10-18-26-32)48-27-33(42-39(43)29-19-11-7-12-20-29)35-38(50-40(44)30-21-13-8-14-22-30)37(47-6)36(49-35)34(46-5)28-45-4/h7-26,33-38H,27-28H2,1-6H3,(H,42,43)/t33-,34-,35+,36+,37-,38-/m0/s1. The van der Waals surface area contributed by atoms with Gasteiger partial charge in [0.2, 0.25) is 0 Å². The Hall–Kier alpha value is -4.16. The molecule has 0 unspecified atom stereocenters. The first kappa shape index (κ1) is 38.1. The first-order valence-corrected chi connectivity index (χ1v) is 19.1. The Morgan fingerprint density at radius 2 is 1.22 bits per heavy atom. The maximum Gasteiger partial charge on any atom is 0.338 e. The summed E-state index contributed by atoms with van der Waals surface area (Å²) in [6, 6.07) is 37.5. The Kier molecular flexibility index (Phi) is 13.0. The van der Waals surface area contributed by atoms with Crippen molar-refractivity contribution in [3.05, 3.63) is 132 Å². The van der Waals surface area contributed by atoms with Gasteiger partial charge in [0.25, 0.3) is 14.2 Å². The highest BCUT2D eigenvalue weighted by Crippen LogP contribution is 2.38. The highest BCUT2D eigenvalue weighted by atomic mass is 28.4. The summed E-state index contributed by atoms with van der Waals surface area (Å²) < 4.78 is 37.7. The van der Waals surface area contributed by atoms with Gasteiger partial charge < -0.3 is 33.4 Å². The van der Waals surface area contributed by atoms with E-state index in [4.69, 9.17) is 28.1 Å². The van der Waals surface area contributed by atoms with E-state index in [1.807, 2.05) is 60.7 Å². The third kappa shape index (κ3) is 8.49. The molecule has 0 radical (unpaired) electrons. The predicted octanol–water partition coefficient (Wildman–Crippen LogP) is 5.03. The molecule has 4 aromatic carbocycles. The Labute approximate surface area is 302 Å². The fourth-order valence-corrected chi connectivity index (χ4v) is 11.6. The van der Waals surface area contributed by atoms with Crippen LogP contribution in [0.25, 0.3) is 0 Å². The molecule has 10 heteroatoms. The van der Waals surface area contributed by atoms with Gasteiger partial charge in [0.15, 0.2) is 6.10 Å². The number of amides is 1. The maximum atomic E-state index is 14.0. The van der Waals surface area contributed by atoms with Crippen molar-refractivity contribution in [2.45, 2.75) is 62.4 Å². The van der Waals surface area contributed by atoms with Gasteiger partial charge in [0, 0.05) is 26.9 Å². The summed E-state index contributed by atoms with van der Waals surface area (Å²) >= 11 is 0. The van der Waals surface area contributed by atoms with Crippen LogP contribution in [0.3, 0.4) is 0 Å². The first-order chi connectivity index (χ1) is 24.6. The molecule has 51 heavy (non-hydrogen) atoms. The molecule has 0 aromatic heterocycles. The largest absolute Gasteiger partial charge is 0.453 e. The van der Waals surface area contributed by atoms with Crippen LogP contribution in [0.2, 0.25) is 5.04 Å². The van der Waals surface area contributed by atoms with E-state index in [2.05, 4.69) is 50.4 Å². The Morgan fingerprint density at radius 1 is 0.706 bits per heavy atom. The van der Waals surface area contributed by atoms with Crippen molar-refractivity contribution in [2.24, 2.45) is 0 Å². The second-order valence-electron chi connectivity index (χ2n) is 13.7. The van der Waals surface area contributed by atoms with Crippen molar-refractivity contribution in [3.63, 3.8) is 0 Å². The third-order valence-electron chi connectivity index (χ3n) is 9.46. The number of nitrogens with one attached hydrogen (secondary N) is 1. The molecule has 0 aliphatic carbocycles. The summed E-state index contributed by atoms with van der Waals surface area (Å²) in [5.41, 5.74) is 0.848. The van der Waals surface area contributed by atoms with Crippen LogP contribution in [0.1, 0.15) is 41.5 Å². The quantitative estimate of drug-likeness (QED) is 0.136. The molecule has 1 saturated heterocycles. The van der Waals surface area contributed by atoms with Gasteiger partial charge in [-0.25, -0.2) is 4.79 Å². The molecule has 6 atom stereocenters. The lowest BCUT2D eigenvalue weighted by molar-refractivity contribution is -0.112. The zero-order valence-corrected chi connectivity index (χ0v) is 31.2. The molecular formula is C41H49NO8Si. The smallest absolute Gasteiger partial charge is 0.338 e. The number of hydrogen-bond donors (Lipinski definition) is 1. The van der Waals surface area contributed by atoms with Crippen molar-refractivity contribution in [3.8, 4) is 0 Å². The highest BCUT2D eigenvalue weighted by molar-refractivity contribution is 6.99. The molecule has 0 saturated carbocycles.